The van der Waals surface area contributed by atoms with E-state index in [1.54, 1.807) is 0 Å². The van der Waals surface area contributed by atoms with Gasteiger partial charge >= 0.3 is 0 Å². The zero-order valence-corrected chi connectivity index (χ0v) is 9.71. The molecule has 1 aromatic rings. The molecule has 0 radical (unpaired) electrons. The molecule has 1 heteroatoms. The molecular formula is C14H17Cl. The summed E-state index contributed by atoms with van der Waals surface area (Å²) >= 11 is 5.61. The first-order valence-electron chi connectivity index (χ1n) is 5.30. The van der Waals surface area contributed by atoms with Crippen molar-refractivity contribution in [3.8, 4) is 0 Å². The number of unbranched alkanes of at least 4 members (excludes halogenated alkanes) is 1. The third-order valence-corrected chi connectivity index (χ3v) is 2.46. The van der Waals surface area contributed by atoms with Crippen LogP contribution in [-0.4, -0.2) is 5.88 Å². The van der Waals surface area contributed by atoms with Gasteiger partial charge in [0.15, 0.2) is 0 Å². The van der Waals surface area contributed by atoms with E-state index in [0.29, 0.717) is 0 Å². The lowest BCUT2D eigenvalue weighted by atomic mass is 10.1. The molecule has 0 saturated carbocycles. The Labute approximate surface area is 97.3 Å². The Balaban J connectivity index is 2.34. The second-order valence-electron chi connectivity index (χ2n) is 3.55. The van der Waals surface area contributed by atoms with Crippen LogP contribution in [-0.2, 0) is 0 Å². The molecule has 0 heterocycles. The maximum Gasteiger partial charge on any atom is 0.0223 e. The van der Waals surface area contributed by atoms with Crippen LogP contribution in [0.2, 0.25) is 0 Å². The predicted octanol–water partition coefficient (Wildman–Crippen LogP) is 4.67. The Kier molecular flexibility index (Phi) is 5.87. The monoisotopic (exact) mass is 220 g/mol. The molecule has 0 spiro atoms. The van der Waals surface area contributed by atoms with Crippen molar-refractivity contribution in [2.24, 2.45) is 0 Å². The summed E-state index contributed by atoms with van der Waals surface area (Å²) in [6.07, 6.45) is 7.42. The Morgan fingerprint density at radius 3 is 2.60 bits per heavy atom. The highest BCUT2D eigenvalue weighted by Gasteiger charge is 1.90. The normalized spacial score (nSPS) is 10.7. The third-order valence-electron chi connectivity index (χ3n) is 2.19. The molecule has 1 rings (SSSR count). The quantitative estimate of drug-likeness (QED) is 0.372. The van der Waals surface area contributed by atoms with E-state index in [1.807, 2.05) is 18.2 Å². The van der Waals surface area contributed by atoms with E-state index in [-0.39, 0.29) is 0 Å². The van der Waals surface area contributed by atoms with E-state index in [9.17, 15) is 0 Å². The zero-order valence-electron chi connectivity index (χ0n) is 8.95. The van der Waals surface area contributed by atoms with Gasteiger partial charge < -0.3 is 0 Å². The molecule has 0 fully saturated rings. The van der Waals surface area contributed by atoms with Crippen molar-refractivity contribution < 1.29 is 0 Å². The molecule has 0 unspecified atom stereocenters. The third kappa shape index (κ3) is 5.44. The first kappa shape index (κ1) is 12.1. The lowest BCUT2D eigenvalue weighted by Gasteiger charge is -1.98. The van der Waals surface area contributed by atoms with E-state index in [4.69, 9.17) is 11.6 Å². The van der Waals surface area contributed by atoms with Crippen LogP contribution in [0.25, 0.3) is 6.08 Å². The minimum Gasteiger partial charge on any atom is -0.127 e. The molecule has 0 amide bonds. The molecule has 80 valence electrons. The number of hydrogen-bond donors (Lipinski definition) is 0. The molecule has 0 aromatic heterocycles. The fraction of sp³-hybridized carbons (Fsp3) is 0.286. The van der Waals surface area contributed by atoms with Crippen molar-refractivity contribution in [3.63, 3.8) is 0 Å². The highest BCUT2D eigenvalue weighted by atomic mass is 35.5. The van der Waals surface area contributed by atoms with Crippen LogP contribution in [0.4, 0.5) is 0 Å². The van der Waals surface area contributed by atoms with E-state index in [2.05, 4.69) is 30.9 Å². The topological polar surface area (TPSA) is 0 Å². The average Bonchev–Trinajstić information content (AvgIpc) is 2.28. The van der Waals surface area contributed by atoms with Crippen LogP contribution in [0.1, 0.15) is 24.8 Å². The first-order valence-corrected chi connectivity index (χ1v) is 5.83. The Morgan fingerprint density at radius 2 is 1.93 bits per heavy atom. The van der Waals surface area contributed by atoms with Crippen LogP contribution < -0.4 is 0 Å². The molecule has 0 bridgehead atoms. The lowest BCUT2D eigenvalue weighted by Crippen LogP contribution is -1.80. The van der Waals surface area contributed by atoms with Crippen molar-refractivity contribution in [2.75, 3.05) is 5.88 Å². The second kappa shape index (κ2) is 7.30. The molecule has 1 aromatic carbocycles. The fourth-order valence-corrected chi connectivity index (χ4v) is 1.50. The summed E-state index contributed by atoms with van der Waals surface area (Å²) in [4.78, 5) is 0. The van der Waals surface area contributed by atoms with Crippen molar-refractivity contribution in [1.82, 2.24) is 0 Å². The van der Waals surface area contributed by atoms with E-state index < -0.39 is 0 Å². The molecule has 0 aliphatic heterocycles. The SMILES string of the molecule is C=C(/C=C/c1ccccc1)CCCCCl. The van der Waals surface area contributed by atoms with Gasteiger partial charge in [-0.2, -0.15) is 0 Å². The van der Waals surface area contributed by atoms with Gasteiger partial charge in [0.1, 0.15) is 0 Å². The molecule has 15 heavy (non-hydrogen) atoms. The van der Waals surface area contributed by atoms with Gasteiger partial charge in [-0.3, -0.25) is 0 Å². The van der Waals surface area contributed by atoms with Gasteiger partial charge in [0.05, 0.1) is 0 Å². The zero-order chi connectivity index (χ0) is 10.9. The maximum absolute atomic E-state index is 5.61. The standard InChI is InChI=1S/C14H17Cl/c1-13(7-5-6-12-15)10-11-14-8-3-2-4-9-14/h2-4,8-11H,1,5-7,12H2/b11-10+. The Hall–Kier alpha value is -1.01. The maximum atomic E-state index is 5.61. The molecule has 0 aliphatic carbocycles. The molecule has 0 atom stereocenters. The Morgan fingerprint density at radius 1 is 1.20 bits per heavy atom. The van der Waals surface area contributed by atoms with E-state index in [0.717, 1.165) is 25.1 Å². The van der Waals surface area contributed by atoms with Gasteiger partial charge in [-0.1, -0.05) is 54.6 Å². The van der Waals surface area contributed by atoms with Crippen LogP contribution in [0.5, 0.6) is 0 Å². The average molecular weight is 221 g/mol. The second-order valence-corrected chi connectivity index (χ2v) is 3.93. The molecule has 0 saturated heterocycles. The number of rotatable bonds is 6. The number of alkyl halides is 1. The summed E-state index contributed by atoms with van der Waals surface area (Å²) in [7, 11) is 0. The summed E-state index contributed by atoms with van der Waals surface area (Å²) in [6, 6.07) is 10.3. The molecule has 0 N–H and O–H groups in total. The predicted molar refractivity (Wildman–Crippen MR) is 69.2 cm³/mol. The minimum absolute atomic E-state index is 0.746. The number of halogens is 1. The summed E-state index contributed by atoms with van der Waals surface area (Å²) in [5.41, 5.74) is 2.39. The fourth-order valence-electron chi connectivity index (χ4n) is 1.31. The van der Waals surface area contributed by atoms with Crippen LogP contribution in [0.15, 0.2) is 48.6 Å². The van der Waals surface area contributed by atoms with Crippen LogP contribution >= 0.6 is 11.6 Å². The van der Waals surface area contributed by atoms with Gasteiger partial charge in [-0.25, -0.2) is 0 Å². The molecular weight excluding hydrogens is 204 g/mol. The molecule has 0 nitrogen and oxygen atoms in total. The van der Waals surface area contributed by atoms with E-state index in [1.165, 1.54) is 11.1 Å². The van der Waals surface area contributed by atoms with Crippen molar-refractivity contribution in [1.29, 1.82) is 0 Å². The van der Waals surface area contributed by atoms with Crippen molar-refractivity contribution in [3.05, 3.63) is 54.1 Å². The molecule has 0 aliphatic rings. The van der Waals surface area contributed by atoms with Gasteiger partial charge in [-0.05, 0) is 24.8 Å². The van der Waals surface area contributed by atoms with E-state index >= 15 is 0 Å². The number of allylic oxidation sites excluding steroid dienone is 2. The van der Waals surface area contributed by atoms with Crippen LogP contribution in [0.3, 0.4) is 0 Å². The van der Waals surface area contributed by atoms with Gasteiger partial charge in [0.25, 0.3) is 0 Å². The highest BCUT2D eigenvalue weighted by Crippen LogP contribution is 2.10. The van der Waals surface area contributed by atoms with Crippen molar-refractivity contribution in [2.45, 2.75) is 19.3 Å². The summed E-state index contributed by atoms with van der Waals surface area (Å²) < 4.78 is 0. The largest absolute Gasteiger partial charge is 0.127 e. The summed E-state index contributed by atoms with van der Waals surface area (Å²) in [5, 5.41) is 0. The number of benzene rings is 1. The minimum atomic E-state index is 0.746. The highest BCUT2D eigenvalue weighted by molar-refractivity contribution is 6.17. The first-order chi connectivity index (χ1) is 7.33. The van der Waals surface area contributed by atoms with Gasteiger partial charge in [-0.15, -0.1) is 11.6 Å². The number of hydrogen-bond acceptors (Lipinski definition) is 0. The van der Waals surface area contributed by atoms with Gasteiger partial charge in [0, 0.05) is 5.88 Å². The van der Waals surface area contributed by atoms with Crippen LogP contribution in [0, 0.1) is 0 Å². The summed E-state index contributed by atoms with van der Waals surface area (Å²) in [5.74, 6) is 0.746. The Bertz CT molecular complexity index is 311. The summed E-state index contributed by atoms with van der Waals surface area (Å²) in [6.45, 7) is 4.01. The van der Waals surface area contributed by atoms with Crippen molar-refractivity contribution >= 4 is 17.7 Å². The van der Waals surface area contributed by atoms with Gasteiger partial charge in [0.2, 0.25) is 0 Å². The lowest BCUT2D eigenvalue weighted by molar-refractivity contribution is 0.805. The smallest absolute Gasteiger partial charge is 0.0223 e.